The summed E-state index contributed by atoms with van der Waals surface area (Å²) in [6.45, 7) is 4.00. The summed E-state index contributed by atoms with van der Waals surface area (Å²) in [4.78, 5) is 24.4. The lowest BCUT2D eigenvalue weighted by molar-refractivity contribution is -0.128. The number of alkyl halides is 1. The van der Waals surface area contributed by atoms with Gasteiger partial charge in [0.1, 0.15) is 0 Å². The number of hydrogen-bond acceptors (Lipinski definition) is 2. The third kappa shape index (κ3) is 5.03. The number of nitrogens with one attached hydrogen (secondary N) is 1. The highest BCUT2D eigenvalue weighted by Gasteiger charge is 2.12. The molecule has 0 spiro atoms. The van der Waals surface area contributed by atoms with Gasteiger partial charge in [0.25, 0.3) is 0 Å². The fourth-order valence-corrected chi connectivity index (χ4v) is 1.65. The highest BCUT2D eigenvalue weighted by molar-refractivity contribution is 9.10. The summed E-state index contributed by atoms with van der Waals surface area (Å²) in [5.41, 5.74) is 1.73. The van der Waals surface area contributed by atoms with Gasteiger partial charge in [-0.3, -0.25) is 9.59 Å². The van der Waals surface area contributed by atoms with E-state index in [1.54, 1.807) is 11.9 Å². The summed E-state index contributed by atoms with van der Waals surface area (Å²) >= 11 is 3.31. The van der Waals surface area contributed by atoms with E-state index in [9.17, 15) is 9.59 Å². The minimum atomic E-state index is -0.184. The van der Waals surface area contributed by atoms with Gasteiger partial charge in [-0.25, -0.2) is 0 Å². The Labute approximate surface area is 122 Å². The Kier molecular flexibility index (Phi) is 6.02. The molecule has 1 unspecified atom stereocenters. The van der Waals surface area contributed by atoms with Gasteiger partial charge in [0.05, 0.1) is 4.83 Å². The van der Waals surface area contributed by atoms with E-state index in [4.69, 9.17) is 0 Å². The van der Waals surface area contributed by atoms with Gasteiger partial charge in [-0.2, -0.15) is 0 Å². The van der Waals surface area contributed by atoms with Crippen LogP contribution in [0.1, 0.15) is 25.8 Å². The van der Waals surface area contributed by atoms with E-state index in [-0.39, 0.29) is 16.6 Å². The maximum Gasteiger partial charge on any atom is 0.238 e. The summed E-state index contributed by atoms with van der Waals surface area (Å²) in [5.74, 6) is -0.0412. The van der Waals surface area contributed by atoms with Crippen LogP contribution in [0.3, 0.4) is 0 Å². The quantitative estimate of drug-likeness (QED) is 0.846. The fraction of sp³-hybridized carbons (Fsp3) is 0.429. The third-order valence-corrected chi connectivity index (χ3v) is 3.86. The second kappa shape index (κ2) is 7.28. The van der Waals surface area contributed by atoms with Crippen LogP contribution in [0, 0.1) is 0 Å². The van der Waals surface area contributed by atoms with E-state index >= 15 is 0 Å². The van der Waals surface area contributed by atoms with Crippen LogP contribution in [0.2, 0.25) is 0 Å². The molecule has 1 aromatic rings. The second-order valence-electron chi connectivity index (χ2n) is 4.44. The van der Waals surface area contributed by atoms with Crippen molar-refractivity contribution in [3.05, 3.63) is 29.8 Å². The summed E-state index contributed by atoms with van der Waals surface area (Å²) < 4.78 is 0. The standard InChI is InChI=1S/C14H19BrN2O2/c1-4-13(15)14(19)16-12-7-5-6-11(8-12)9-17(3)10(2)18/h5-8,13H,4,9H2,1-3H3,(H,16,19). The van der Waals surface area contributed by atoms with Crippen LogP contribution in [-0.2, 0) is 16.1 Å². The zero-order valence-electron chi connectivity index (χ0n) is 11.4. The highest BCUT2D eigenvalue weighted by Crippen LogP contribution is 2.14. The van der Waals surface area contributed by atoms with Crippen LogP contribution in [0.4, 0.5) is 5.69 Å². The Hall–Kier alpha value is -1.36. The van der Waals surface area contributed by atoms with E-state index in [2.05, 4.69) is 21.2 Å². The normalized spacial score (nSPS) is 11.8. The van der Waals surface area contributed by atoms with Gasteiger partial charge in [-0.05, 0) is 24.1 Å². The Morgan fingerprint density at radius 1 is 1.42 bits per heavy atom. The molecule has 0 radical (unpaired) electrons. The van der Waals surface area contributed by atoms with Crippen LogP contribution in [0.25, 0.3) is 0 Å². The number of anilines is 1. The summed E-state index contributed by atoms with van der Waals surface area (Å²) in [6, 6.07) is 7.52. The lowest BCUT2D eigenvalue weighted by Gasteiger charge is -2.16. The van der Waals surface area contributed by atoms with Crippen molar-refractivity contribution in [2.24, 2.45) is 0 Å². The van der Waals surface area contributed by atoms with Crippen molar-refractivity contribution < 1.29 is 9.59 Å². The molecule has 0 heterocycles. The van der Waals surface area contributed by atoms with Gasteiger partial charge in [-0.1, -0.05) is 35.0 Å². The summed E-state index contributed by atoms with van der Waals surface area (Å²) in [6.07, 6.45) is 0.735. The Morgan fingerprint density at radius 3 is 2.68 bits per heavy atom. The number of benzene rings is 1. The van der Waals surface area contributed by atoms with Crippen molar-refractivity contribution in [2.75, 3.05) is 12.4 Å². The molecular formula is C14H19BrN2O2. The molecule has 0 aromatic heterocycles. The van der Waals surface area contributed by atoms with Crippen molar-refractivity contribution in [3.63, 3.8) is 0 Å². The Bertz CT molecular complexity index is 463. The lowest BCUT2D eigenvalue weighted by Crippen LogP contribution is -2.24. The molecular weight excluding hydrogens is 308 g/mol. The van der Waals surface area contributed by atoms with Crippen molar-refractivity contribution >= 4 is 33.4 Å². The molecule has 0 aliphatic rings. The number of carbonyl (C=O) groups is 2. The monoisotopic (exact) mass is 326 g/mol. The summed E-state index contributed by atoms with van der Waals surface area (Å²) in [7, 11) is 1.75. The molecule has 0 aliphatic heterocycles. The number of rotatable bonds is 5. The van der Waals surface area contributed by atoms with Crippen molar-refractivity contribution in [3.8, 4) is 0 Å². The molecule has 1 N–H and O–H groups in total. The molecule has 2 amide bonds. The Morgan fingerprint density at radius 2 is 2.11 bits per heavy atom. The van der Waals surface area contributed by atoms with Crippen LogP contribution in [0.15, 0.2) is 24.3 Å². The van der Waals surface area contributed by atoms with E-state index in [1.165, 1.54) is 6.92 Å². The van der Waals surface area contributed by atoms with Crippen LogP contribution in [-0.4, -0.2) is 28.6 Å². The van der Waals surface area contributed by atoms with E-state index in [0.717, 1.165) is 17.7 Å². The van der Waals surface area contributed by atoms with Gasteiger partial charge in [0.2, 0.25) is 11.8 Å². The van der Waals surface area contributed by atoms with Crippen molar-refractivity contribution in [2.45, 2.75) is 31.6 Å². The maximum atomic E-state index is 11.8. The third-order valence-electron chi connectivity index (χ3n) is 2.79. The molecule has 4 nitrogen and oxygen atoms in total. The first-order valence-electron chi connectivity index (χ1n) is 6.19. The predicted octanol–water partition coefficient (Wildman–Crippen LogP) is 2.78. The number of halogens is 1. The zero-order valence-corrected chi connectivity index (χ0v) is 13.0. The first kappa shape index (κ1) is 15.7. The van der Waals surface area contributed by atoms with E-state index < -0.39 is 0 Å². The number of hydrogen-bond donors (Lipinski definition) is 1. The zero-order chi connectivity index (χ0) is 14.4. The highest BCUT2D eigenvalue weighted by atomic mass is 79.9. The molecule has 1 rings (SSSR count). The molecule has 1 atom stereocenters. The first-order chi connectivity index (χ1) is 8.93. The second-order valence-corrected chi connectivity index (χ2v) is 5.55. The van der Waals surface area contributed by atoms with Crippen molar-refractivity contribution in [1.82, 2.24) is 4.90 Å². The minimum absolute atomic E-state index is 0.0148. The Balaban J connectivity index is 2.72. The van der Waals surface area contributed by atoms with Gasteiger partial charge in [-0.15, -0.1) is 0 Å². The minimum Gasteiger partial charge on any atom is -0.342 e. The molecule has 0 bridgehead atoms. The SMILES string of the molecule is CCC(Br)C(=O)Nc1cccc(CN(C)C(C)=O)c1. The van der Waals surface area contributed by atoms with Crippen LogP contribution in [0.5, 0.6) is 0 Å². The van der Waals surface area contributed by atoms with E-state index in [0.29, 0.717) is 6.54 Å². The molecule has 0 aliphatic carbocycles. The van der Waals surface area contributed by atoms with Gasteiger partial charge in [0.15, 0.2) is 0 Å². The van der Waals surface area contributed by atoms with Gasteiger partial charge in [0, 0.05) is 26.2 Å². The smallest absolute Gasteiger partial charge is 0.238 e. The molecule has 104 valence electrons. The number of amides is 2. The maximum absolute atomic E-state index is 11.8. The van der Waals surface area contributed by atoms with E-state index in [1.807, 2.05) is 31.2 Å². The first-order valence-corrected chi connectivity index (χ1v) is 7.11. The molecule has 5 heteroatoms. The molecule has 19 heavy (non-hydrogen) atoms. The molecule has 0 saturated heterocycles. The average Bonchev–Trinajstić information content (AvgIpc) is 2.37. The molecule has 0 fully saturated rings. The molecule has 1 aromatic carbocycles. The predicted molar refractivity (Wildman–Crippen MR) is 80.2 cm³/mol. The summed E-state index contributed by atoms with van der Waals surface area (Å²) in [5, 5.41) is 2.85. The largest absolute Gasteiger partial charge is 0.342 e. The average molecular weight is 327 g/mol. The topological polar surface area (TPSA) is 49.4 Å². The number of carbonyl (C=O) groups excluding carboxylic acids is 2. The fourth-order valence-electron chi connectivity index (χ4n) is 1.54. The van der Waals surface area contributed by atoms with Crippen LogP contribution < -0.4 is 5.32 Å². The number of nitrogens with zero attached hydrogens (tertiary/aromatic N) is 1. The molecule has 0 saturated carbocycles. The van der Waals surface area contributed by atoms with Gasteiger partial charge >= 0.3 is 0 Å². The van der Waals surface area contributed by atoms with Crippen molar-refractivity contribution in [1.29, 1.82) is 0 Å². The lowest BCUT2D eigenvalue weighted by atomic mass is 10.2. The van der Waals surface area contributed by atoms with Gasteiger partial charge < -0.3 is 10.2 Å². The van der Waals surface area contributed by atoms with Crippen LogP contribution >= 0.6 is 15.9 Å².